The fourth-order valence-electron chi connectivity index (χ4n) is 2.31. The molecule has 3 nitrogen and oxygen atoms in total. The molecule has 1 N–H and O–H groups in total. The Kier molecular flexibility index (Phi) is 4.15. The van der Waals surface area contributed by atoms with E-state index in [0.717, 1.165) is 18.7 Å². The quantitative estimate of drug-likeness (QED) is 0.852. The molecule has 0 saturated carbocycles. The molecule has 1 aliphatic rings. The first kappa shape index (κ1) is 12.1. The molecule has 92 valence electrons. The summed E-state index contributed by atoms with van der Waals surface area (Å²) in [4.78, 5) is 14.1. The smallest absolute Gasteiger partial charge is 0.224 e. The average Bonchev–Trinajstić information content (AvgIpc) is 2.74. The molecule has 0 bridgehead atoms. The minimum absolute atomic E-state index is 0.122. The van der Waals surface area contributed by atoms with E-state index in [4.69, 9.17) is 0 Å². The summed E-state index contributed by atoms with van der Waals surface area (Å²) in [7, 11) is 2.13. The van der Waals surface area contributed by atoms with E-state index in [2.05, 4.69) is 17.3 Å². The summed E-state index contributed by atoms with van der Waals surface area (Å²) in [6.07, 6.45) is 2.93. The summed E-state index contributed by atoms with van der Waals surface area (Å²) < 4.78 is 0. The predicted octanol–water partition coefficient (Wildman–Crippen LogP) is 1.44. The average molecular weight is 232 g/mol. The Balaban J connectivity index is 1.74. The number of hydrogen-bond donors (Lipinski definition) is 1. The lowest BCUT2D eigenvalue weighted by molar-refractivity contribution is -0.120. The number of amides is 1. The van der Waals surface area contributed by atoms with Crippen LogP contribution >= 0.6 is 0 Å². The molecule has 2 rings (SSSR count). The van der Waals surface area contributed by atoms with Crippen LogP contribution < -0.4 is 5.32 Å². The largest absolute Gasteiger partial charge is 0.354 e. The molecular weight excluding hydrogens is 212 g/mol. The molecule has 0 spiro atoms. The maximum Gasteiger partial charge on any atom is 0.224 e. The van der Waals surface area contributed by atoms with Crippen LogP contribution in [-0.2, 0) is 11.2 Å². The number of benzene rings is 1. The molecule has 1 amide bonds. The Labute approximate surface area is 103 Å². The van der Waals surface area contributed by atoms with Crippen LogP contribution in [0.2, 0.25) is 0 Å². The number of likely N-dealkylation sites (tertiary alicyclic amines) is 1. The van der Waals surface area contributed by atoms with Gasteiger partial charge in [-0.15, -0.1) is 0 Å². The van der Waals surface area contributed by atoms with Gasteiger partial charge in [0.05, 0.1) is 6.42 Å². The number of nitrogens with one attached hydrogen (secondary N) is 1. The summed E-state index contributed by atoms with van der Waals surface area (Å²) in [6, 6.07) is 10.4. The SMILES string of the molecule is CN1CCCC1CNC(=O)Cc1ccccc1. The number of rotatable bonds is 4. The first-order valence-corrected chi connectivity index (χ1v) is 6.26. The third-order valence-corrected chi connectivity index (χ3v) is 3.41. The third-order valence-electron chi connectivity index (χ3n) is 3.41. The number of hydrogen-bond acceptors (Lipinski definition) is 2. The molecule has 1 aromatic rings. The van der Waals surface area contributed by atoms with Crippen LogP contribution in [0.5, 0.6) is 0 Å². The van der Waals surface area contributed by atoms with E-state index < -0.39 is 0 Å². The Bertz CT molecular complexity index is 364. The van der Waals surface area contributed by atoms with Gasteiger partial charge in [0.15, 0.2) is 0 Å². The van der Waals surface area contributed by atoms with Crippen LogP contribution in [0.25, 0.3) is 0 Å². The summed E-state index contributed by atoms with van der Waals surface area (Å²) in [5.41, 5.74) is 1.07. The summed E-state index contributed by atoms with van der Waals surface area (Å²) in [6.45, 7) is 1.93. The van der Waals surface area contributed by atoms with Gasteiger partial charge in [0.1, 0.15) is 0 Å². The minimum Gasteiger partial charge on any atom is -0.354 e. The highest BCUT2D eigenvalue weighted by atomic mass is 16.1. The van der Waals surface area contributed by atoms with Crippen molar-refractivity contribution in [1.82, 2.24) is 10.2 Å². The topological polar surface area (TPSA) is 32.3 Å². The normalized spacial score (nSPS) is 20.4. The molecule has 1 fully saturated rings. The molecule has 0 aliphatic carbocycles. The van der Waals surface area contributed by atoms with Crippen molar-refractivity contribution in [3.8, 4) is 0 Å². The second kappa shape index (κ2) is 5.82. The van der Waals surface area contributed by atoms with E-state index in [0.29, 0.717) is 12.5 Å². The zero-order valence-electron chi connectivity index (χ0n) is 10.4. The molecule has 1 saturated heterocycles. The monoisotopic (exact) mass is 232 g/mol. The highest BCUT2D eigenvalue weighted by Crippen LogP contribution is 2.13. The Morgan fingerprint density at radius 1 is 1.41 bits per heavy atom. The van der Waals surface area contributed by atoms with Gasteiger partial charge >= 0.3 is 0 Å². The van der Waals surface area contributed by atoms with E-state index in [-0.39, 0.29) is 5.91 Å². The fraction of sp³-hybridized carbons (Fsp3) is 0.500. The van der Waals surface area contributed by atoms with Crippen LogP contribution in [0.3, 0.4) is 0 Å². The lowest BCUT2D eigenvalue weighted by atomic mass is 10.1. The molecule has 1 aliphatic heterocycles. The van der Waals surface area contributed by atoms with Crippen LogP contribution in [0.15, 0.2) is 30.3 Å². The van der Waals surface area contributed by atoms with E-state index in [1.807, 2.05) is 30.3 Å². The Hall–Kier alpha value is -1.35. The van der Waals surface area contributed by atoms with Crippen molar-refractivity contribution < 1.29 is 4.79 Å². The molecule has 1 atom stereocenters. The third kappa shape index (κ3) is 3.56. The Morgan fingerprint density at radius 3 is 2.82 bits per heavy atom. The van der Waals surface area contributed by atoms with Crippen molar-refractivity contribution in [2.75, 3.05) is 20.1 Å². The lowest BCUT2D eigenvalue weighted by Crippen LogP contribution is -2.38. The molecule has 1 aromatic carbocycles. The standard InChI is InChI=1S/C14H20N2O/c1-16-9-5-8-13(16)11-15-14(17)10-12-6-3-2-4-7-12/h2-4,6-7,13H,5,8-11H2,1H3,(H,15,17). The zero-order chi connectivity index (χ0) is 12.1. The molecule has 0 aromatic heterocycles. The van der Waals surface area contributed by atoms with Crippen molar-refractivity contribution in [2.24, 2.45) is 0 Å². The van der Waals surface area contributed by atoms with Crippen molar-refractivity contribution in [3.63, 3.8) is 0 Å². The molecule has 1 heterocycles. The van der Waals surface area contributed by atoms with Crippen LogP contribution in [-0.4, -0.2) is 37.0 Å². The predicted molar refractivity (Wildman–Crippen MR) is 68.8 cm³/mol. The first-order valence-electron chi connectivity index (χ1n) is 6.26. The lowest BCUT2D eigenvalue weighted by Gasteiger charge is -2.19. The minimum atomic E-state index is 0.122. The van der Waals surface area contributed by atoms with Gasteiger partial charge in [-0.1, -0.05) is 30.3 Å². The molecule has 17 heavy (non-hydrogen) atoms. The number of carbonyl (C=O) groups excluding carboxylic acids is 1. The van der Waals surface area contributed by atoms with Crippen LogP contribution in [0.4, 0.5) is 0 Å². The second-order valence-corrected chi connectivity index (χ2v) is 4.74. The van der Waals surface area contributed by atoms with Gasteiger partial charge in [-0.25, -0.2) is 0 Å². The molecular formula is C14H20N2O. The Morgan fingerprint density at radius 2 is 2.18 bits per heavy atom. The van der Waals surface area contributed by atoms with Crippen LogP contribution in [0.1, 0.15) is 18.4 Å². The van der Waals surface area contributed by atoms with Crippen molar-refractivity contribution in [3.05, 3.63) is 35.9 Å². The van der Waals surface area contributed by atoms with E-state index in [1.165, 1.54) is 12.8 Å². The number of likely N-dealkylation sites (N-methyl/N-ethyl adjacent to an activating group) is 1. The van der Waals surface area contributed by atoms with Gasteiger partial charge in [-0.3, -0.25) is 4.79 Å². The van der Waals surface area contributed by atoms with E-state index in [9.17, 15) is 4.79 Å². The van der Waals surface area contributed by atoms with Gasteiger partial charge < -0.3 is 10.2 Å². The van der Waals surface area contributed by atoms with Crippen molar-refractivity contribution in [1.29, 1.82) is 0 Å². The maximum atomic E-state index is 11.7. The van der Waals surface area contributed by atoms with Crippen LogP contribution in [0, 0.1) is 0 Å². The fourth-order valence-corrected chi connectivity index (χ4v) is 2.31. The van der Waals surface area contributed by atoms with E-state index in [1.54, 1.807) is 0 Å². The summed E-state index contributed by atoms with van der Waals surface area (Å²) in [5.74, 6) is 0.122. The van der Waals surface area contributed by atoms with Crippen molar-refractivity contribution >= 4 is 5.91 Å². The van der Waals surface area contributed by atoms with Gasteiger partial charge in [0, 0.05) is 12.6 Å². The van der Waals surface area contributed by atoms with Gasteiger partial charge in [-0.05, 0) is 32.0 Å². The van der Waals surface area contributed by atoms with E-state index >= 15 is 0 Å². The summed E-state index contributed by atoms with van der Waals surface area (Å²) in [5, 5.41) is 3.02. The highest BCUT2D eigenvalue weighted by Gasteiger charge is 2.20. The highest BCUT2D eigenvalue weighted by molar-refractivity contribution is 5.78. The van der Waals surface area contributed by atoms with Crippen molar-refractivity contribution in [2.45, 2.75) is 25.3 Å². The second-order valence-electron chi connectivity index (χ2n) is 4.74. The maximum absolute atomic E-state index is 11.7. The van der Waals surface area contributed by atoms with Gasteiger partial charge in [-0.2, -0.15) is 0 Å². The summed E-state index contributed by atoms with van der Waals surface area (Å²) >= 11 is 0. The molecule has 0 radical (unpaired) electrons. The molecule has 3 heteroatoms. The number of carbonyl (C=O) groups is 1. The number of nitrogens with zero attached hydrogens (tertiary/aromatic N) is 1. The first-order chi connectivity index (χ1) is 8.25. The zero-order valence-corrected chi connectivity index (χ0v) is 10.4. The van der Waals surface area contributed by atoms with Gasteiger partial charge in [0.2, 0.25) is 5.91 Å². The van der Waals surface area contributed by atoms with Gasteiger partial charge in [0.25, 0.3) is 0 Å². The molecule has 1 unspecified atom stereocenters.